The molecular weight excluding hydrogens is 397 g/mol. The zero-order chi connectivity index (χ0) is 21.3. The molecule has 0 radical (unpaired) electrons. The van der Waals surface area contributed by atoms with Crippen LogP contribution in [-0.2, 0) is 11.0 Å². The predicted octanol–water partition coefficient (Wildman–Crippen LogP) is 4.11. The minimum atomic E-state index is -4.62. The van der Waals surface area contributed by atoms with Crippen LogP contribution in [0.2, 0.25) is 0 Å². The van der Waals surface area contributed by atoms with Crippen LogP contribution in [0.1, 0.15) is 17.2 Å². The minimum absolute atomic E-state index is 0.161. The number of nitrogens with one attached hydrogen (secondary N) is 3. The van der Waals surface area contributed by atoms with Crippen molar-refractivity contribution < 1.29 is 31.5 Å². The van der Waals surface area contributed by atoms with Crippen molar-refractivity contribution in [2.75, 3.05) is 5.32 Å². The molecule has 0 aliphatic carbocycles. The molecule has 29 heavy (non-hydrogen) atoms. The fourth-order valence-electron chi connectivity index (χ4n) is 3.03. The number of urea groups is 1. The molecule has 1 aliphatic rings. The smallest absolute Gasteiger partial charge is 0.330 e. The van der Waals surface area contributed by atoms with E-state index in [4.69, 9.17) is 0 Å². The molecule has 5 nitrogen and oxygen atoms in total. The van der Waals surface area contributed by atoms with Crippen LogP contribution in [0, 0.1) is 17.6 Å². The number of alkyl halides is 3. The SMILES string of the molecule is C=C1NC(=O)N[C@H](c2c(F)cccc2F)[C@@H]1C(=O)Nc1cccc(C(F)(F)F)c1. The molecule has 2 atom stereocenters. The van der Waals surface area contributed by atoms with Gasteiger partial charge in [0.2, 0.25) is 5.91 Å². The van der Waals surface area contributed by atoms with Crippen LogP contribution in [0.25, 0.3) is 0 Å². The zero-order valence-electron chi connectivity index (χ0n) is 14.6. The summed E-state index contributed by atoms with van der Waals surface area (Å²) in [6.07, 6.45) is -4.62. The molecule has 2 aromatic rings. The molecule has 1 fully saturated rings. The molecule has 3 N–H and O–H groups in total. The van der Waals surface area contributed by atoms with Crippen LogP contribution in [-0.4, -0.2) is 11.9 Å². The highest BCUT2D eigenvalue weighted by atomic mass is 19.4. The molecule has 152 valence electrons. The van der Waals surface area contributed by atoms with Crippen LogP contribution in [0.4, 0.5) is 32.4 Å². The lowest BCUT2D eigenvalue weighted by Gasteiger charge is -2.34. The first kappa shape index (κ1) is 20.3. The minimum Gasteiger partial charge on any atom is -0.330 e. The highest BCUT2D eigenvalue weighted by molar-refractivity contribution is 5.97. The standard InChI is InChI=1S/C19H14F5N3O2/c1-9-14(17(28)26-11-5-2-4-10(8-11)19(22,23)24)16(27-18(29)25-9)15-12(20)6-3-7-13(15)21/h2-8,14,16H,1H2,(H,26,28)(H2,25,27,29)/t14-,16+/m1/s1. The largest absolute Gasteiger partial charge is 0.416 e. The van der Waals surface area contributed by atoms with Gasteiger partial charge >= 0.3 is 12.2 Å². The van der Waals surface area contributed by atoms with E-state index in [1.54, 1.807) is 0 Å². The third-order valence-corrected chi connectivity index (χ3v) is 4.32. The molecular formula is C19H14F5N3O2. The summed E-state index contributed by atoms with van der Waals surface area (Å²) in [5.41, 5.74) is -1.89. The maximum Gasteiger partial charge on any atom is 0.416 e. The maximum atomic E-state index is 14.2. The number of carbonyl (C=O) groups is 2. The number of hydrogen-bond acceptors (Lipinski definition) is 2. The van der Waals surface area contributed by atoms with E-state index in [-0.39, 0.29) is 11.4 Å². The summed E-state index contributed by atoms with van der Waals surface area (Å²) in [6, 6.07) is 4.61. The third kappa shape index (κ3) is 4.20. The van der Waals surface area contributed by atoms with E-state index in [1.807, 2.05) is 0 Å². The molecule has 1 heterocycles. The van der Waals surface area contributed by atoms with E-state index < -0.39 is 52.8 Å². The predicted molar refractivity (Wildman–Crippen MR) is 93.5 cm³/mol. The van der Waals surface area contributed by atoms with Gasteiger partial charge in [0, 0.05) is 16.9 Å². The van der Waals surface area contributed by atoms with Gasteiger partial charge in [-0.25, -0.2) is 13.6 Å². The van der Waals surface area contributed by atoms with Crippen molar-refractivity contribution >= 4 is 17.6 Å². The van der Waals surface area contributed by atoms with Gasteiger partial charge in [0.1, 0.15) is 17.6 Å². The number of rotatable bonds is 3. The molecule has 0 unspecified atom stereocenters. The molecule has 0 saturated carbocycles. The van der Waals surface area contributed by atoms with E-state index in [2.05, 4.69) is 22.5 Å². The second-order valence-electron chi connectivity index (χ2n) is 6.28. The first-order valence-electron chi connectivity index (χ1n) is 8.26. The van der Waals surface area contributed by atoms with E-state index in [9.17, 15) is 31.5 Å². The van der Waals surface area contributed by atoms with E-state index in [0.29, 0.717) is 6.07 Å². The Morgan fingerprint density at radius 1 is 1.07 bits per heavy atom. The average molecular weight is 411 g/mol. The molecule has 3 amide bonds. The van der Waals surface area contributed by atoms with E-state index >= 15 is 0 Å². The van der Waals surface area contributed by atoms with Crippen molar-refractivity contribution in [2.24, 2.45) is 5.92 Å². The van der Waals surface area contributed by atoms with Crippen molar-refractivity contribution in [1.82, 2.24) is 10.6 Å². The second-order valence-corrected chi connectivity index (χ2v) is 6.28. The van der Waals surface area contributed by atoms with Crippen LogP contribution in [0.15, 0.2) is 54.7 Å². The fourth-order valence-corrected chi connectivity index (χ4v) is 3.03. The first-order chi connectivity index (χ1) is 13.6. The van der Waals surface area contributed by atoms with Crippen LogP contribution in [0.3, 0.4) is 0 Å². The lowest BCUT2D eigenvalue weighted by Crippen LogP contribution is -2.52. The van der Waals surface area contributed by atoms with Gasteiger partial charge in [-0.3, -0.25) is 4.79 Å². The van der Waals surface area contributed by atoms with Gasteiger partial charge in [0.15, 0.2) is 0 Å². The van der Waals surface area contributed by atoms with Crippen LogP contribution in [0.5, 0.6) is 0 Å². The van der Waals surface area contributed by atoms with Crippen LogP contribution >= 0.6 is 0 Å². The molecule has 0 spiro atoms. The van der Waals surface area contributed by atoms with Gasteiger partial charge in [0.25, 0.3) is 0 Å². The zero-order valence-corrected chi connectivity index (χ0v) is 14.6. The van der Waals surface area contributed by atoms with Gasteiger partial charge in [-0.05, 0) is 30.3 Å². The summed E-state index contributed by atoms with van der Waals surface area (Å²) in [5.74, 6) is -4.30. The van der Waals surface area contributed by atoms with Crippen molar-refractivity contribution in [1.29, 1.82) is 0 Å². The Morgan fingerprint density at radius 2 is 1.69 bits per heavy atom. The van der Waals surface area contributed by atoms with E-state index in [1.165, 1.54) is 6.07 Å². The van der Waals surface area contributed by atoms with Gasteiger partial charge in [-0.15, -0.1) is 0 Å². The third-order valence-electron chi connectivity index (χ3n) is 4.32. The topological polar surface area (TPSA) is 70.2 Å². The number of amides is 3. The second kappa shape index (κ2) is 7.53. The number of halogens is 5. The van der Waals surface area contributed by atoms with Crippen molar-refractivity contribution in [2.45, 2.75) is 12.2 Å². The lowest BCUT2D eigenvalue weighted by atomic mass is 9.87. The number of carbonyl (C=O) groups excluding carboxylic acids is 2. The average Bonchev–Trinajstić information content (AvgIpc) is 2.60. The van der Waals surface area contributed by atoms with Gasteiger partial charge in [-0.1, -0.05) is 18.7 Å². The maximum absolute atomic E-state index is 14.2. The summed E-state index contributed by atoms with van der Waals surface area (Å²) in [5, 5.41) is 6.78. The lowest BCUT2D eigenvalue weighted by molar-refractivity contribution is -0.137. The van der Waals surface area contributed by atoms with Crippen molar-refractivity contribution in [3.05, 3.63) is 77.5 Å². The number of anilines is 1. The number of benzene rings is 2. The van der Waals surface area contributed by atoms with Crippen molar-refractivity contribution in [3.63, 3.8) is 0 Å². The normalized spacial score (nSPS) is 19.3. The molecule has 0 bridgehead atoms. The Labute approximate surface area is 161 Å². The Bertz CT molecular complexity index is 970. The summed E-state index contributed by atoms with van der Waals surface area (Å²) >= 11 is 0. The Morgan fingerprint density at radius 3 is 2.31 bits per heavy atom. The summed E-state index contributed by atoms with van der Waals surface area (Å²) in [7, 11) is 0. The highest BCUT2D eigenvalue weighted by Crippen LogP contribution is 2.34. The van der Waals surface area contributed by atoms with Gasteiger partial charge in [0.05, 0.1) is 11.6 Å². The molecule has 10 heteroatoms. The summed E-state index contributed by atoms with van der Waals surface area (Å²) in [6.45, 7) is 3.54. The molecule has 0 aromatic heterocycles. The van der Waals surface area contributed by atoms with Crippen molar-refractivity contribution in [3.8, 4) is 0 Å². The highest BCUT2D eigenvalue weighted by Gasteiger charge is 2.40. The Balaban J connectivity index is 1.95. The summed E-state index contributed by atoms with van der Waals surface area (Å²) in [4.78, 5) is 24.5. The Kier molecular flexibility index (Phi) is 5.27. The quantitative estimate of drug-likeness (QED) is 0.666. The molecule has 1 aliphatic heterocycles. The number of hydrogen-bond donors (Lipinski definition) is 3. The molecule has 2 aromatic carbocycles. The summed E-state index contributed by atoms with van der Waals surface area (Å²) < 4.78 is 67.1. The molecule has 1 saturated heterocycles. The first-order valence-corrected chi connectivity index (χ1v) is 8.26. The van der Waals surface area contributed by atoms with Gasteiger partial charge < -0.3 is 16.0 Å². The van der Waals surface area contributed by atoms with Crippen LogP contribution < -0.4 is 16.0 Å². The molecule has 3 rings (SSSR count). The fraction of sp³-hybridized carbons (Fsp3) is 0.158. The van der Waals surface area contributed by atoms with E-state index in [0.717, 1.165) is 30.3 Å². The monoisotopic (exact) mass is 411 g/mol. The Hall–Kier alpha value is -3.43. The van der Waals surface area contributed by atoms with Gasteiger partial charge in [-0.2, -0.15) is 13.2 Å².